The molecule has 2 rings (SSSR count). The number of H-pyrrole nitrogens is 1. The molecule has 100 valence electrons. The van der Waals surface area contributed by atoms with Crippen LogP contribution in [-0.2, 0) is 4.74 Å². The summed E-state index contributed by atoms with van der Waals surface area (Å²) in [7, 11) is 0. The van der Waals surface area contributed by atoms with Gasteiger partial charge in [0.1, 0.15) is 5.60 Å². The number of ether oxygens (including phenoxy) is 1. The molecule has 0 aliphatic heterocycles. The average molecular weight is 261 g/mol. The number of nitrogens with one attached hydrogen (secondary N) is 1. The Morgan fingerprint density at radius 2 is 2.11 bits per heavy atom. The van der Waals surface area contributed by atoms with Crippen LogP contribution in [0.25, 0.3) is 11.3 Å². The summed E-state index contributed by atoms with van der Waals surface area (Å²) >= 11 is 0. The molecule has 0 saturated carbocycles. The van der Waals surface area contributed by atoms with Gasteiger partial charge < -0.3 is 4.74 Å². The maximum absolute atomic E-state index is 11.8. The molecule has 0 aliphatic rings. The summed E-state index contributed by atoms with van der Waals surface area (Å²) in [6, 6.07) is 5.22. The molecule has 0 aliphatic carbocycles. The molecule has 2 aromatic rings. The zero-order chi connectivity index (χ0) is 14.0. The SMILES string of the molecule is CC(C)(C)OC(=O)n1cc(-c2ccccn2)c(=O)[nH]1. The quantitative estimate of drug-likeness (QED) is 0.852. The van der Waals surface area contributed by atoms with Crippen molar-refractivity contribution in [1.29, 1.82) is 0 Å². The summed E-state index contributed by atoms with van der Waals surface area (Å²) in [6.45, 7) is 5.27. The normalized spacial score (nSPS) is 11.3. The van der Waals surface area contributed by atoms with Crippen molar-refractivity contribution >= 4 is 6.09 Å². The predicted octanol–water partition coefficient (Wildman–Crippen LogP) is 2.02. The van der Waals surface area contributed by atoms with E-state index in [9.17, 15) is 9.59 Å². The van der Waals surface area contributed by atoms with Crippen molar-refractivity contribution in [3.8, 4) is 11.3 Å². The van der Waals surface area contributed by atoms with Crippen molar-refractivity contribution in [2.45, 2.75) is 26.4 Å². The Bertz CT molecular complexity index is 635. The molecule has 0 saturated heterocycles. The van der Waals surface area contributed by atoms with E-state index in [2.05, 4.69) is 10.1 Å². The first kappa shape index (κ1) is 13.1. The van der Waals surface area contributed by atoms with Gasteiger partial charge in [-0.2, -0.15) is 4.68 Å². The molecule has 6 nitrogen and oxygen atoms in total. The molecular weight excluding hydrogens is 246 g/mol. The lowest BCUT2D eigenvalue weighted by Crippen LogP contribution is -2.28. The Hall–Kier alpha value is -2.37. The minimum Gasteiger partial charge on any atom is -0.442 e. The molecule has 0 bridgehead atoms. The van der Waals surface area contributed by atoms with Crippen LogP contribution in [0, 0.1) is 0 Å². The van der Waals surface area contributed by atoms with Crippen molar-refractivity contribution < 1.29 is 9.53 Å². The standard InChI is InChI=1S/C13H15N3O3/c1-13(2,3)19-12(18)16-8-9(11(17)15-16)10-6-4-5-7-14-10/h4-8H,1-3H3,(H,15,17). The molecule has 0 amide bonds. The average Bonchev–Trinajstić information content (AvgIpc) is 2.70. The molecule has 0 unspecified atom stereocenters. The van der Waals surface area contributed by atoms with Gasteiger partial charge in [0.05, 0.1) is 11.3 Å². The van der Waals surface area contributed by atoms with Gasteiger partial charge in [0, 0.05) is 12.4 Å². The lowest BCUT2D eigenvalue weighted by Gasteiger charge is -2.18. The summed E-state index contributed by atoms with van der Waals surface area (Å²) in [5.41, 5.74) is -0.175. The number of pyridine rings is 1. The third kappa shape index (κ3) is 3.09. The van der Waals surface area contributed by atoms with Gasteiger partial charge >= 0.3 is 6.09 Å². The first-order valence-electron chi connectivity index (χ1n) is 5.83. The molecule has 2 heterocycles. The Morgan fingerprint density at radius 1 is 1.37 bits per heavy atom. The van der Waals surface area contributed by atoms with Crippen LogP contribution in [0.5, 0.6) is 0 Å². The number of hydrogen-bond acceptors (Lipinski definition) is 4. The van der Waals surface area contributed by atoms with Crippen molar-refractivity contribution in [2.24, 2.45) is 0 Å². The number of rotatable bonds is 1. The fourth-order valence-corrected chi connectivity index (χ4v) is 1.50. The van der Waals surface area contributed by atoms with Gasteiger partial charge in [-0.25, -0.2) is 4.79 Å². The van der Waals surface area contributed by atoms with E-state index in [1.54, 1.807) is 45.2 Å². The van der Waals surface area contributed by atoms with Gasteiger partial charge in [-0.1, -0.05) is 6.07 Å². The van der Waals surface area contributed by atoms with Gasteiger partial charge in [0.2, 0.25) is 0 Å². The molecule has 0 aromatic carbocycles. The smallest absolute Gasteiger partial charge is 0.433 e. The Labute approximate surface area is 110 Å². The van der Waals surface area contributed by atoms with Gasteiger partial charge in [-0.05, 0) is 32.9 Å². The van der Waals surface area contributed by atoms with Crippen LogP contribution in [0.2, 0.25) is 0 Å². The Morgan fingerprint density at radius 3 is 2.68 bits per heavy atom. The zero-order valence-electron chi connectivity index (χ0n) is 11.0. The van der Waals surface area contributed by atoms with Crippen molar-refractivity contribution in [3.63, 3.8) is 0 Å². The number of hydrogen-bond donors (Lipinski definition) is 1. The Kier molecular flexibility index (Phi) is 3.25. The van der Waals surface area contributed by atoms with Gasteiger partial charge in [-0.3, -0.25) is 14.9 Å². The number of carbonyl (C=O) groups is 1. The second-order valence-corrected chi connectivity index (χ2v) is 5.05. The number of aromatic nitrogens is 3. The highest BCUT2D eigenvalue weighted by atomic mass is 16.6. The number of aromatic amines is 1. The zero-order valence-corrected chi connectivity index (χ0v) is 11.0. The van der Waals surface area contributed by atoms with E-state index < -0.39 is 11.7 Å². The van der Waals surface area contributed by atoms with Crippen molar-refractivity contribution in [1.82, 2.24) is 14.8 Å². The lowest BCUT2D eigenvalue weighted by molar-refractivity contribution is 0.0514. The molecular formula is C13H15N3O3. The molecule has 2 aromatic heterocycles. The highest BCUT2D eigenvalue weighted by Gasteiger charge is 2.19. The van der Waals surface area contributed by atoms with E-state index >= 15 is 0 Å². The largest absolute Gasteiger partial charge is 0.442 e. The van der Waals surface area contributed by atoms with E-state index in [1.807, 2.05) is 0 Å². The minimum absolute atomic E-state index is 0.325. The van der Waals surface area contributed by atoms with Crippen LogP contribution < -0.4 is 5.56 Å². The van der Waals surface area contributed by atoms with E-state index in [1.165, 1.54) is 6.20 Å². The van der Waals surface area contributed by atoms with Crippen LogP contribution in [0.3, 0.4) is 0 Å². The van der Waals surface area contributed by atoms with Crippen LogP contribution in [-0.4, -0.2) is 26.5 Å². The first-order chi connectivity index (χ1) is 8.87. The fourth-order valence-electron chi connectivity index (χ4n) is 1.50. The summed E-state index contributed by atoms with van der Waals surface area (Å²) < 4.78 is 6.19. The monoisotopic (exact) mass is 261 g/mol. The van der Waals surface area contributed by atoms with E-state index in [-0.39, 0.29) is 5.56 Å². The van der Waals surface area contributed by atoms with Crippen molar-refractivity contribution in [2.75, 3.05) is 0 Å². The van der Waals surface area contributed by atoms with Crippen molar-refractivity contribution in [3.05, 3.63) is 40.9 Å². The third-order valence-electron chi connectivity index (χ3n) is 2.26. The topological polar surface area (TPSA) is 77.0 Å². The van der Waals surface area contributed by atoms with Crippen LogP contribution >= 0.6 is 0 Å². The van der Waals surface area contributed by atoms with E-state index in [0.29, 0.717) is 11.3 Å². The lowest BCUT2D eigenvalue weighted by atomic mass is 10.2. The highest BCUT2D eigenvalue weighted by molar-refractivity contribution is 5.71. The van der Waals surface area contributed by atoms with Crippen LogP contribution in [0.15, 0.2) is 35.4 Å². The van der Waals surface area contributed by atoms with Gasteiger partial charge in [0.15, 0.2) is 0 Å². The fraction of sp³-hybridized carbons (Fsp3) is 0.308. The second-order valence-electron chi connectivity index (χ2n) is 5.05. The van der Waals surface area contributed by atoms with Crippen LogP contribution in [0.4, 0.5) is 4.79 Å². The molecule has 1 N–H and O–H groups in total. The Balaban J connectivity index is 2.32. The highest BCUT2D eigenvalue weighted by Crippen LogP contribution is 2.12. The summed E-state index contributed by atoms with van der Waals surface area (Å²) in [4.78, 5) is 27.7. The van der Waals surface area contributed by atoms with Gasteiger partial charge in [-0.15, -0.1) is 0 Å². The number of nitrogens with zero attached hydrogens (tertiary/aromatic N) is 2. The molecule has 19 heavy (non-hydrogen) atoms. The molecule has 0 atom stereocenters. The summed E-state index contributed by atoms with van der Waals surface area (Å²) in [5, 5.41) is 2.41. The minimum atomic E-state index is -0.633. The predicted molar refractivity (Wildman–Crippen MR) is 69.9 cm³/mol. The molecule has 0 radical (unpaired) electrons. The van der Waals surface area contributed by atoms with Gasteiger partial charge in [0.25, 0.3) is 5.56 Å². The first-order valence-corrected chi connectivity index (χ1v) is 5.83. The second kappa shape index (κ2) is 4.72. The van der Waals surface area contributed by atoms with E-state index in [4.69, 9.17) is 4.74 Å². The number of carbonyl (C=O) groups excluding carboxylic acids is 1. The molecule has 0 fully saturated rings. The summed E-state index contributed by atoms with van der Waals surface area (Å²) in [5.74, 6) is 0. The van der Waals surface area contributed by atoms with Crippen LogP contribution in [0.1, 0.15) is 20.8 Å². The molecule has 0 spiro atoms. The maximum atomic E-state index is 11.8. The van der Waals surface area contributed by atoms with E-state index in [0.717, 1.165) is 4.68 Å². The summed E-state index contributed by atoms with van der Waals surface area (Å²) in [6.07, 6.45) is 2.34. The molecule has 6 heteroatoms. The maximum Gasteiger partial charge on any atom is 0.433 e. The third-order valence-corrected chi connectivity index (χ3v) is 2.26.